The van der Waals surface area contributed by atoms with E-state index in [2.05, 4.69) is 10.2 Å². The van der Waals surface area contributed by atoms with Crippen LogP contribution in [0.4, 0.5) is 0 Å². The number of piperidine rings is 1. The van der Waals surface area contributed by atoms with E-state index in [0.29, 0.717) is 32.1 Å². The Morgan fingerprint density at radius 3 is 2.19 bits per heavy atom. The fourth-order valence-corrected chi connectivity index (χ4v) is 3.79. The zero-order valence-corrected chi connectivity index (χ0v) is 16.0. The molecular formula is C16H29N3O6S. The van der Waals surface area contributed by atoms with Crippen LogP contribution in [0, 0.1) is 5.92 Å². The lowest BCUT2D eigenvalue weighted by molar-refractivity contribution is -0.130. The van der Waals surface area contributed by atoms with Gasteiger partial charge in [-0.1, -0.05) is 0 Å². The van der Waals surface area contributed by atoms with Crippen LogP contribution in [-0.4, -0.2) is 92.9 Å². The number of carbonyl (C=O) groups is 3. The number of hydrogen-bond acceptors (Lipinski definition) is 6. The quantitative estimate of drug-likeness (QED) is 0.567. The van der Waals surface area contributed by atoms with Crippen molar-refractivity contribution in [2.24, 2.45) is 5.92 Å². The highest BCUT2D eigenvalue weighted by Crippen LogP contribution is 2.17. The number of hydrogen-bond donors (Lipinski definition) is 2. The zero-order valence-electron chi connectivity index (χ0n) is 15.2. The smallest absolute Gasteiger partial charge is 0.290 e. The van der Waals surface area contributed by atoms with Crippen molar-refractivity contribution in [3.05, 3.63) is 0 Å². The van der Waals surface area contributed by atoms with Gasteiger partial charge in [0, 0.05) is 25.9 Å². The summed E-state index contributed by atoms with van der Waals surface area (Å²) in [6.45, 7) is 4.02. The van der Waals surface area contributed by atoms with Crippen molar-refractivity contribution < 1.29 is 27.9 Å². The standard InChI is InChI=1S/C15H27N3O4S.CH2O2/c1-23(21,22)12-15(20)18-8-4-13(5-9-18)10-16-14(19)11-17-6-2-3-7-17;2-1-3/h13H,2-12H2,1H3,(H,16,19);1H,(H,2,3). The van der Waals surface area contributed by atoms with Crippen LogP contribution in [0.15, 0.2) is 0 Å². The average Bonchev–Trinajstić information content (AvgIpc) is 3.05. The summed E-state index contributed by atoms with van der Waals surface area (Å²) >= 11 is 0. The SMILES string of the molecule is CS(=O)(=O)CC(=O)N1CCC(CNC(=O)CN2CCCC2)CC1.O=CO. The molecule has 9 nitrogen and oxygen atoms in total. The third kappa shape index (κ3) is 9.14. The molecule has 2 heterocycles. The van der Waals surface area contributed by atoms with Gasteiger partial charge in [0.25, 0.3) is 6.47 Å². The van der Waals surface area contributed by atoms with Gasteiger partial charge in [-0.05, 0) is 44.7 Å². The molecule has 2 N–H and O–H groups in total. The maximum absolute atomic E-state index is 11.9. The van der Waals surface area contributed by atoms with Crippen LogP contribution in [0.3, 0.4) is 0 Å². The minimum atomic E-state index is -3.27. The largest absolute Gasteiger partial charge is 0.483 e. The summed E-state index contributed by atoms with van der Waals surface area (Å²) in [6.07, 6.45) is 5.03. The number of nitrogens with zero attached hydrogens (tertiary/aromatic N) is 2. The van der Waals surface area contributed by atoms with Crippen molar-refractivity contribution in [2.45, 2.75) is 25.7 Å². The summed E-state index contributed by atoms with van der Waals surface area (Å²) in [6, 6.07) is 0. The molecule has 0 spiro atoms. The molecule has 0 radical (unpaired) electrons. The molecule has 10 heteroatoms. The predicted molar refractivity (Wildman–Crippen MR) is 96.4 cm³/mol. The number of amides is 2. The van der Waals surface area contributed by atoms with Crippen molar-refractivity contribution in [3.8, 4) is 0 Å². The van der Waals surface area contributed by atoms with Crippen LogP contribution in [0.5, 0.6) is 0 Å². The van der Waals surface area contributed by atoms with E-state index in [0.717, 1.165) is 32.2 Å². The lowest BCUT2D eigenvalue weighted by Crippen LogP contribution is -2.44. The van der Waals surface area contributed by atoms with E-state index in [9.17, 15) is 18.0 Å². The first-order chi connectivity index (χ1) is 12.2. The molecule has 0 unspecified atom stereocenters. The van der Waals surface area contributed by atoms with Crippen molar-refractivity contribution >= 4 is 28.1 Å². The summed E-state index contributed by atoms with van der Waals surface area (Å²) in [5, 5.41) is 9.87. The molecular weight excluding hydrogens is 362 g/mol. The highest BCUT2D eigenvalue weighted by atomic mass is 32.2. The van der Waals surface area contributed by atoms with Crippen molar-refractivity contribution in [1.82, 2.24) is 15.1 Å². The summed E-state index contributed by atoms with van der Waals surface area (Å²) in [7, 11) is -3.27. The Morgan fingerprint density at radius 2 is 1.69 bits per heavy atom. The number of carboxylic acid groups (broad SMARTS) is 1. The Bertz CT molecular complexity index is 567. The molecule has 0 aliphatic carbocycles. The second kappa shape index (κ2) is 11.1. The van der Waals surface area contributed by atoms with Gasteiger partial charge in [0.05, 0.1) is 6.54 Å². The molecule has 0 aromatic carbocycles. The van der Waals surface area contributed by atoms with Crippen LogP contribution in [0.25, 0.3) is 0 Å². The Kier molecular flexibility index (Phi) is 9.57. The molecule has 2 aliphatic heterocycles. The number of sulfone groups is 1. The third-order valence-corrected chi connectivity index (χ3v) is 5.28. The normalized spacial score (nSPS) is 18.7. The second-order valence-corrected chi connectivity index (χ2v) is 8.93. The fourth-order valence-electron chi connectivity index (χ4n) is 3.16. The van der Waals surface area contributed by atoms with Crippen LogP contribution < -0.4 is 5.32 Å². The van der Waals surface area contributed by atoms with Gasteiger partial charge in [0.2, 0.25) is 11.8 Å². The minimum absolute atomic E-state index is 0.0717. The molecule has 2 aliphatic rings. The van der Waals surface area contributed by atoms with Crippen molar-refractivity contribution in [3.63, 3.8) is 0 Å². The predicted octanol–water partition coefficient (Wildman–Crippen LogP) is -0.818. The van der Waals surface area contributed by atoms with Gasteiger partial charge in [0.15, 0.2) is 9.84 Å². The summed E-state index contributed by atoms with van der Waals surface area (Å²) in [5.74, 6) is -0.296. The minimum Gasteiger partial charge on any atom is -0.483 e. The topological polar surface area (TPSA) is 124 Å². The summed E-state index contributed by atoms with van der Waals surface area (Å²) in [5.41, 5.74) is 0. The number of nitrogens with one attached hydrogen (secondary N) is 1. The first kappa shape index (κ1) is 22.4. The van der Waals surface area contributed by atoms with Crippen molar-refractivity contribution in [2.75, 3.05) is 51.3 Å². The van der Waals surface area contributed by atoms with Gasteiger partial charge < -0.3 is 15.3 Å². The van der Waals surface area contributed by atoms with Crippen LogP contribution in [0.2, 0.25) is 0 Å². The molecule has 2 rings (SSSR count). The van der Waals surface area contributed by atoms with Gasteiger partial charge in [-0.15, -0.1) is 0 Å². The number of carbonyl (C=O) groups excluding carboxylic acids is 2. The Hall–Kier alpha value is -1.68. The van der Waals surface area contributed by atoms with E-state index >= 15 is 0 Å². The molecule has 0 aromatic rings. The monoisotopic (exact) mass is 391 g/mol. The Labute approximate surface area is 154 Å². The second-order valence-electron chi connectivity index (χ2n) is 6.79. The van der Waals surface area contributed by atoms with Gasteiger partial charge in [-0.2, -0.15) is 0 Å². The molecule has 0 atom stereocenters. The third-order valence-electron chi connectivity index (χ3n) is 4.51. The van der Waals surface area contributed by atoms with E-state index in [-0.39, 0.29) is 18.3 Å². The molecule has 26 heavy (non-hydrogen) atoms. The fraction of sp³-hybridized carbons (Fsp3) is 0.812. The molecule has 0 bridgehead atoms. The Morgan fingerprint density at radius 1 is 1.15 bits per heavy atom. The Balaban J connectivity index is 0.00000105. The summed E-state index contributed by atoms with van der Waals surface area (Å²) in [4.78, 5) is 35.9. The van der Waals surface area contributed by atoms with Gasteiger partial charge in [-0.3, -0.25) is 19.3 Å². The van der Waals surface area contributed by atoms with Crippen LogP contribution in [-0.2, 0) is 24.2 Å². The molecule has 0 saturated carbocycles. The number of rotatable bonds is 6. The van der Waals surface area contributed by atoms with E-state index < -0.39 is 15.6 Å². The lowest BCUT2D eigenvalue weighted by Gasteiger charge is -2.32. The van der Waals surface area contributed by atoms with Gasteiger partial charge >= 0.3 is 0 Å². The first-order valence-electron chi connectivity index (χ1n) is 8.77. The number of likely N-dealkylation sites (tertiary alicyclic amines) is 2. The van der Waals surface area contributed by atoms with E-state index in [4.69, 9.17) is 9.90 Å². The van der Waals surface area contributed by atoms with Gasteiger partial charge in [0.1, 0.15) is 5.75 Å². The molecule has 2 fully saturated rings. The van der Waals surface area contributed by atoms with Crippen LogP contribution in [0.1, 0.15) is 25.7 Å². The maximum atomic E-state index is 11.9. The van der Waals surface area contributed by atoms with E-state index in [1.807, 2.05) is 0 Å². The highest BCUT2D eigenvalue weighted by Gasteiger charge is 2.25. The van der Waals surface area contributed by atoms with E-state index in [1.54, 1.807) is 4.90 Å². The average molecular weight is 391 g/mol. The summed E-state index contributed by atoms with van der Waals surface area (Å²) < 4.78 is 22.3. The maximum Gasteiger partial charge on any atom is 0.290 e. The molecule has 2 amide bonds. The van der Waals surface area contributed by atoms with Crippen molar-refractivity contribution in [1.29, 1.82) is 0 Å². The van der Waals surface area contributed by atoms with E-state index in [1.165, 1.54) is 12.8 Å². The zero-order chi connectivity index (χ0) is 19.6. The highest BCUT2D eigenvalue weighted by molar-refractivity contribution is 7.91. The molecule has 150 valence electrons. The molecule has 0 aromatic heterocycles. The van der Waals surface area contributed by atoms with Gasteiger partial charge in [-0.25, -0.2) is 8.42 Å². The van der Waals surface area contributed by atoms with Crippen LogP contribution >= 0.6 is 0 Å². The molecule has 2 saturated heterocycles. The first-order valence-corrected chi connectivity index (χ1v) is 10.8. The lowest BCUT2D eigenvalue weighted by atomic mass is 9.97.